The van der Waals surface area contributed by atoms with E-state index in [2.05, 4.69) is 12.1 Å². The molecule has 140 valence electrons. The van der Waals surface area contributed by atoms with Crippen molar-refractivity contribution in [1.82, 2.24) is 4.90 Å². The number of carbonyl (C=O) groups excluding carboxylic acids is 1. The summed E-state index contributed by atoms with van der Waals surface area (Å²) in [4.78, 5) is 17.1. The van der Waals surface area contributed by atoms with Crippen LogP contribution in [0.3, 0.4) is 0 Å². The Labute approximate surface area is 176 Å². The molecule has 4 nitrogen and oxygen atoms in total. The van der Waals surface area contributed by atoms with Crippen molar-refractivity contribution in [2.24, 2.45) is 5.41 Å². The van der Waals surface area contributed by atoms with Crippen molar-refractivity contribution in [3.8, 4) is 12.1 Å². The second-order valence-electron chi connectivity index (χ2n) is 7.17. The monoisotopic (exact) mass is 413 g/mol. The van der Waals surface area contributed by atoms with Crippen LogP contribution in [-0.4, -0.2) is 16.7 Å². The summed E-state index contributed by atoms with van der Waals surface area (Å²) < 4.78 is 0. The number of Topliss-reactive ketones (excluding diaryl/α,β-unsaturated/α-hetero) is 1. The summed E-state index contributed by atoms with van der Waals surface area (Å²) in [7, 11) is 0. The first-order valence-corrected chi connectivity index (χ1v) is 11.0. The van der Waals surface area contributed by atoms with E-state index in [1.807, 2.05) is 76.5 Å². The van der Waals surface area contributed by atoms with Crippen LogP contribution in [0.25, 0.3) is 6.08 Å². The number of rotatable bonds is 3. The summed E-state index contributed by atoms with van der Waals surface area (Å²) in [6, 6.07) is 18.9. The van der Waals surface area contributed by atoms with Gasteiger partial charge in [-0.1, -0.05) is 36.4 Å². The minimum absolute atomic E-state index is 0.0418. The molecule has 0 bridgehead atoms. The number of ketones is 1. The maximum atomic E-state index is 13.6. The fourth-order valence-electron chi connectivity index (χ4n) is 4.64. The van der Waals surface area contributed by atoms with Gasteiger partial charge in [-0.25, -0.2) is 0 Å². The van der Waals surface area contributed by atoms with Gasteiger partial charge in [-0.2, -0.15) is 10.5 Å². The smallest absolute Gasteiger partial charge is 0.195 e. The maximum absolute atomic E-state index is 13.6. The average molecular weight is 414 g/mol. The summed E-state index contributed by atoms with van der Waals surface area (Å²) in [6.07, 6.45) is 3.86. The van der Waals surface area contributed by atoms with E-state index in [0.717, 1.165) is 16.0 Å². The first kappa shape index (κ1) is 17.9. The summed E-state index contributed by atoms with van der Waals surface area (Å²) in [5.41, 5.74) is 0.530. The van der Waals surface area contributed by atoms with Gasteiger partial charge in [0.2, 0.25) is 0 Å². The molecule has 2 aromatic heterocycles. The molecule has 4 heterocycles. The predicted molar refractivity (Wildman–Crippen MR) is 113 cm³/mol. The molecule has 3 unspecified atom stereocenters. The molecule has 5 rings (SSSR count). The number of fused-ring (bicyclic) bond motifs is 3. The van der Waals surface area contributed by atoms with Gasteiger partial charge in [-0.15, -0.1) is 22.7 Å². The predicted octanol–water partition coefficient (Wildman–Crippen LogP) is 5.22. The normalized spacial score (nSPS) is 23.7. The largest absolute Gasteiger partial charge is 0.357 e. The second-order valence-corrected chi connectivity index (χ2v) is 9.09. The van der Waals surface area contributed by atoms with Crippen LogP contribution in [0.4, 0.5) is 0 Å². The third-order valence-corrected chi connectivity index (χ3v) is 7.67. The summed E-state index contributed by atoms with van der Waals surface area (Å²) >= 11 is 2.89. The molecule has 29 heavy (non-hydrogen) atoms. The Morgan fingerprint density at radius 1 is 1.00 bits per heavy atom. The Kier molecular flexibility index (Phi) is 4.13. The zero-order chi connectivity index (χ0) is 20.0. The maximum Gasteiger partial charge on any atom is 0.195 e. The second kappa shape index (κ2) is 6.70. The Bertz CT molecular complexity index is 1170. The number of nitriles is 2. The summed E-state index contributed by atoms with van der Waals surface area (Å²) in [5.74, 6) is -0.576. The van der Waals surface area contributed by atoms with Crippen LogP contribution in [0.1, 0.15) is 37.6 Å². The van der Waals surface area contributed by atoms with Gasteiger partial charge < -0.3 is 4.90 Å². The molecule has 1 saturated heterocycles. The topological polar surface area (TPSA) is 67.9 Å². The Balaban J connectivity index is 1.78. The molecule has 0 N–H and O–H groups in total. The van der Waals surface area contributed by atoms with Crippen LogP contribution >= 0.6 is 22.7 Å². The lowest BCUT2D eigenvalue weighted by Gasteiger charge is -2.34. The van der Waals surface area contributed by atoms with Gasteiger partial charge in [0.05, 0.1) is 29.0 Å². The molecule has 3 atom stereocenters. The molecule has 0 saturated carbocycles. The molecule has 2 aliphatic heterocycles. The highest BCUT2D eigenvalue weighted by atomic mass is 32.1. The van der Waals surface area contributed by atoms with E-state index >= 15 is 0 Å². The van der Waals surface area contributed by atoms with E-state index in [9.17, 15) is 15.3 Å². The van der Waals surface area contributed by atoms with Gasteiger partial charge in [0, 0.05) is 11.1 Å². The molecule has 0 radical (unpaired) electrons. The van der Waals surface area contributed by atoms with Crippen molar-refractivity contribution in [3.63, 3.8) is 0 Å². The molecule has 0 spiro atoms. The molecule has 6 heteroatoms. The third kappa shape index (κ3) is 2.43. The minimum atomic E-state index is -1.37. The Hall–Kier alpha value is -3.19. The van der Waals surface area contributed by atoms with Gasteiger partial charge in [0.15, 0.2) is 11.2 Å². The van der Waals surface area contributed by atoms with Crippen molar-refractivity contribution in [2.45, 2.75) is 18.0 Å². The summed E-state index contributed by atoms with van der Waals surface area (Å²) in [5, 5.41) is 24.5. The van der Waals surface area contributed by atoms with E-state index in [1.54, 1.807) is 0 Å². The van der Waals surface area contributed by atoms with Crippen LogP contribution in [0.2, 0.25) is 0 Å². The highest BCUT2D eigenvalue weighted by molar-refractivity contribution is 7.12. The number of benzene rings is 1. The van der Waals surface area contributed by atoms with Gasteiger partial charge in [0.1, 0.15) is 6.04 Å². The third-order valence-electron chi connectivity index (χ3n) is 5.83. The lowest BCUT2D eigenvalue weighted by molar-refractivity contribution is 0.0879. The fraction of sp³-hybridized carbons (Fsp3) is 0.174. The first-order chi connectivity index (χ1) is 14.2. The number of hydrogen-bond donors (Lipinski definition) is 0. The van der Waals surface area contributed by atoms with Gasteiger partial charge in [-0.3, -0.25) is 4.79 Å². The molecule has 0 aliphatic carbocycles. The van der Waals surface area contributed by atoms with Gasteiger partial charge >= 0.3 is 0 Å². The Morgan fingerprint density at radius 3 is 2.45 bits per heavy atom. The van der Waals surface area contributed by atoms with E-state index in [4.69, 9.17) is 0 Å². The first-order valence-electron chi connectivity index (χ1n) is 9.19. The van der Waals surface area contributed by atoms with E-state index in [-0.39, 0.29) is 5.78 Å². The van der Waals surface area contributed by atoms with Crippen molar-refractivity contribution in [2.75, 3.05) is 0 Å². The standard InChI is InChI=1S/C23H15N3OS2/c24-13-23(14-25)19(17-7-3-11-28-17)20(21(27)18-8-4-12-29-18)26-10-9-15-5-1-2-6-16(15)22(23)26/h1-12,19-20,22H. The lowest BCUT2D eigenvalue weighted by atomic mass is 9.69. The van der Waals surface area contributed by atoms with Crippen molar-refractivity contribution >= 4 is 34.5 Å². The zero-order valence-corrected chi connectivity index (χ0v) is 16.9. The lowest BCUT2D eigenvalue weighted by Crippen LogP contribution is -2.37. The van der Waals surface area contributed by atoms with Crippen LogP contribution in [-0.2, 0) is 0 Å². The Morgan fingerprint density at radius 2 is 1.76 bits per heavy atom. The molecular weight excluding hydrogens is 398 g/mol. The number of hydrogen-bond acceptors (Lipinski definition) is 6. The molecule has 1 fully saturated rings. The van der Waals surface area contributed by atoms with E-state index in [0.29, 0.717) is 4.88 Å². The highest BCUT2D eigenvalue weighted by Gasteiger charge is 2.64. The molecule has 3 aromatic rings. The number of thiophene rings is 2. The van der Waals surface area contributed by atoms with Crippen molar-refractivity contribution in [3.05, 3.63) is 86.4 Å². The quantitative estimate of drug-likeness (QED) is 0.552. The average Bonchev–Trinajstić information content (AvgIpc) is 3.52. The van der Waals surface area contributed by atoms with Crippen LogP contribution < -0.4 is 0 Å². The zero-order valence-electron chi connectivity index (χ0n) is 15.2. The highest BCUT2D eigenvalue weighted by Crippen LogP contribution is 2.60. The number of carbonyl (C=O) groups is 1. The number of nitrogens with zero attached hydrogens (tertiary/aromatic N) is 3. The summed E-state index contributed by atoms with van der Waals surface area (Å²) in [6.45, 7) is 0. The van der Waals surface area contributed by atoms with Crippen molar-refractivity contribution < 1.29 is 4.79 Å². The molecule has 2 aliphatic rings. The van der Waals surface area contributed by atoms with Crippen LogP contribution in [0, 0.1) is 28.1 Å². The van der Waals surface area contributed by atoms with Crippen molar-refractivity contribution in [1.29, 1.82) is 10.5 Å². The van der Waals surface area contributed by atoms with E-state index in [1.165, 1.54) is 22.7 Å². The van der Waals surface area contributed by atoms with Crippen LogP contribution in [0.5, 0.6) is 0 Å². The molecule has 1 aromatic carbocycles. The van der Waals surface area contributed by atoms with Gasteiger partial charge in [0.25, 0.3) is 0 Å². The van der Waals surface area contributed by atoms with E-state index < -0.39 is 23.4 Å². The van der Waals surface area contributed by atoms with Crippen LogP contribution in [0.15, 0.2) is 65.5 Å². The molecule has 0 amide bonds. The minimum Gasteiger partial charge on any atom is -0.357 e. The SMILES string of the molecule is N#CC1(C#N)C(c2cccs2)C(C(=O)c2cccs2)N2C=Cc3ccccc3C21. The fourth-order valence-corrected chi connectivity index (χ4v) is 6.27. The van der Waals surface area contributed by atoms with Gasteiger partial charge in [-0.05, 0) is 40.1 Å². The molecular formula is C23H15N3OS2.